The van der Waals surface area contributed by atoms with Crippen molar-refractivity contribution in [2.24, 2.45) is 17.4 Å². The van der Waals surface area contributed by atoms with E-state index < -0.39 is 158 Å². The number of aliphatic carboxylic acids is 2. The number of carboxylic acids is 2. The molecular weight excluding hydrogens is 959 g/mol. The number of amides is 10. The molecule has 0 saturated carbocycles. The largest absolute Gasteiger partial charge is 0.481 e. The molecule has 0 aliphatic carbocycles. The van der Waals surface area contributed by atoms with E-state index in [1.165, 1.54) is 18.7 Å². The lowest BCUT2D eigenvalue weighted by Crippen LogP contribution is -2.59. The zero-order valence-electron chi connectivity index (χ0n) is 39.8. The molecule has 17 N–H and O–H groups in total. The van der Waals surface area contributed by atoms with Crippen LogP contribution in [0.4, 0.5) is 0 Å². The topological polar surface area (TPSA) is 446 Å². The van der Waals surface area contributed by atoms with E-state index in [2.05, 4.69) is 37.2 Å². The van der Waals surface area contributed by atoms with Gasteiger partial charge < -0.3 is 79.7 Å². The number of carboxylic acid groups (broad SMARTS) is 2. The first-order valence-electron chi connectivity index (χ1n) is 22.3. The first-order valence-corrected chi connectivity index (χ1v) is 23.7. The van der Waals surface area contributed by atoms with Crippen LogP contribution in [0.15, 0.2) is 30.3 Å². The zero-order chi connectivity index (χ0) is 53.8. The van der Waals surface area contributed by atoms with Crippen LogP contribution < -0.4 is 59.3 Å². The summed E-state index contributed by atoms with van der Waals surface area (Å²) < 4.78 is 0. The van der Waals surface area contributed by atoms with Crippen LogP contribution in [-0.2, 0) is 64.0 Å². The summed E-state index contributed by atoms with van der Waals surface area (Å²) in [7, 11) is 0. The Morgan fingerprint density at radius 1 is 0.563 bits per heavy atom. The summed E-state index contributed by atoms with van der Waals surface area (Å²) in [5.41, 5.74) is 11.6. The Labute approximate surface area is 413 Å². The van der Waals surface area contributed by atoms with Crippen LogP contribution in [0.2, 0.25) is 0 Å². The van der Waals surface area contributed by atoms with Crippen LogP contribution in [0.3, 0.4) is 0 Å². The van der Waals surface area contributed by atoms with E-state index in [0.717, 1.165) is 0 Å². The maximum absolute atomic E-state index is 13.6. The van der Waals surface area contributed by atoms with Crippen molar-refractivity contribution in [2.45, 2.75) is 114 Å². The number of hydrogen-bond acceptors (Lipinski definition) is 16. The molecule has 1 aromatic carbocycles. The van der Waals surface area contributed by atoms with Gasteiger partial charge in [0.2, 0.25) is 59.1 Å². The number of carbonyl (C=O) groups excluding carboxylic acids is 10. The number of nitrogens with one attached hydrogen (secondary N) is 9. The molecule has 0 fully saturated rings. The van der Waals surface area contributed by atoms with Crippen molar-refractivity contribution < 1.29 is 78.0 Å². The molecule has 1 aromatic rings. The highest BCUT2D eigenvalue weighted by Crippen LogP contribution is 2.10. The molecule has 8 atom stereocenters. The Balaban J connectivity index is 2.97. The van der Waals surface area contributed by atoms with E-state index in [1.807, 2.05) is 24.5 Å². The summed E-state index contributed by atoms with van der Waals surface area (Å²) in [6.45, 7) is 1.33. The van der Waals surface area contributed by atoms with Gasteiger partial charge in [0.1, 0.15) is 42.3 Å². The molecule has 0 aliphatic rings. The molecule has 0 aliphatic heterocycles. The highest BCUT2D eigenvalue weighted by Gasteiger charge is 2.32. The van der Waals surface area contributed by atoms with Crippen molar-refractivity contribution in [2.75, 3.05) is 38.3 Å². The first kappa shape index (κ1) is 62.1. The van der Waals surface area contributed by atoms with Crippen molar-refractivity contribution in [1.29, 1.82) is 0 Å². The molecule has 396 valence electrons. The second kappa shape index (κ2) is 32.8. The number of aliphatic hydroxyl groups excluding tert-OH is 2. The number of benzene rings is 1. The lowest BCUT2D eigenvalue weighted by molar-refractivity contribution is -0.143. The molecule has 0 radical (unpaired) electrons. The van der Waals surface area contributed by atoms with E-state index in [-0.39, 0.29) is 38.0 Å². The summed E-state index contributed by atoms with van der Waals surface area (Å²) >= 11 is 1.38. The van der Waals surface area contributed by atoms with Crippen LogP contribution in [0.1, 0.15) is 64.9 Å². The Kier molecular flexibility index (Phi) is 28.7. The van der Waals surface area contributed by atoms with Gasteiger partial charge in [-0.25, -0.2) is 4.79 Å². The molecule has 27 nitrogen and oxygen atoms in total. The monoisotopic (exact) mass is 1030 g/mol. The van der Waals surface area contributed by atoms with Gasteiger partial charge in [-0.3, -0.25) is 52.7 Å². The molecule has 0 aromatic heterocycles. The van der Waals surface area contributed by atoms with E-state index >= 15 is 0 Å². The maximum atomic E-state index is 13.6. The molecule has 0 saturated heterocycles. The first-order chi connectivity index (χ1) is 33.4. The highest BCUT2D eigenvalue weighted by atomic mass is 32.2. The van der Waals surface area contributed by atoms with Gasteiger partial charge in [0.05, 0.1) is 32.3 Å². The maximum Gasteiger partial charge on any atom is 0.326 e. The van der Waals surface area contributed by atoms with Gasteiger partial charge in [0, 0.05) is 19.3 Å². The Morgan fingerprint density at radius 2 is 1.08 bits per heavy atom. The molecule has 10 amide bonds. The quantitative estimate of drug-likeness (QED) is 0.0306. The molecule has 0 bridgehead atoms. The predicted octanol–water partition coefficient (Wildman–Crippen LogP) is -5.80. The number of primary amides is 1. The number of carbonyl (C=O) groups is 12. The fourth-order valence-corrected chi connectivity index (χ4v) is 6.63. The summed E-state index contributed by atoms with van der Waals surface area (Å²) in [4.78, 5) is 151. The van der Waals surface area contributed by atoms with Crippen molar-refractivity contribution in [3.8, 4) is 0 Å². The fourth-order valence-electron chi connectivity index (χ4n) is 6.16. The van der Waals surface area contributed by atoms with E-state index in [1.54, 1.807) is 36.6 Å². The normalized spacial score (nSPS) is 14.3. The van der Waals surface area contributed by atoms with Gasteiger partial charge >= 0.3 is 11.9 Å². The van der Waals surface area contributed by atoms with Gasteiger partial charge in [-0.05, 0) is 56.1 Å². The Bertz CT molecular complexity index is 2010. The summed E-state index contributed by atoms with van der Waals surface area (Å²) in [5, 5.41) is 58.4. The van der Waals surface area contributed by atoms with Crippen LogP contribution in [0, 0.1) is 5.92 Å². The highest BCUT2D eigenvalue weighted by molar-refractivity contribution is 7.98. The zero-order valence-corrected chi connectivity index (χ0v) is 40.6. The third-order valence-corrected chi connectivity index (χ3v) is 10.7. The van der Waals surface area contributed by atoms with E-state index in [4.69, 9.17) is 16.6 Å². The average Bonchev–Trinajstić information content (AvgIpc) is 3.31. The van der Waals surface area contributed by atoms with Crippen LogP contribution in [0.5, 0.6) is 0 Å². The van der Waals surface area contributed by atoms with E-state index in [9.17, 15) is 72.9 Å². The summed E-state index contributed by atoms with van der Waals surface area (Å²) in [6, 6.07) is -2.81. The average molecular weight is 1030 g/mol. The number of thioether (sulfide) groups is 1. The van der Waals surface area contributed by atoms with Gasteiger partial charge in [-0.15, -0.1) is 0 Å². The molecule has 1 rings (SSSR count). The van der Waals surface area contributed by atoms with Crippen molar-refractivity contribution in [3.63, 3.8) is 0 Å². The second-order valence-electron chi connectivity index (χ2n) is 16.5. The smallest absolute Gasteiger partial charge is 0.326 e. The predicted molar refractivity (Wildman–Crippen MR) is 253 cm³/mol. The molecule has 0 spiro atoms. The minimum atomic E-state index is -1.78. The lowest BCUT2D eigenvalue weighted by Gasteiger charge is -2.26. The minimum Gasteiger partial charge on any atom is -0.481 e. The van der Waals surface area contributed by atoms with Crippen molar-refractivity contribution in [1.82, 2.24) is 47.9 Å². The molecule has 28 heteroatoms. The van der Waals surface area contributed by atoms with E-state index in [0.29, 0.717) is 11.3 Å². The van der Waals surface area contributed by atoms with Gasteiger partial charge in [-0.2, -0.15) is 11.8 Å². The van der Waals surface area contributed by atoms with Crippen LogP contribution in [0.25, 0.3) is 0 Å². The van der Waals surface area contributed by atoms with Crippen molar-refractivity contribution >= 4 is 82.8 Å². The second-order valence-corrected chi connectivity index (χ2v) is 17.5. The Morgan fingerprint density at radius 3 is 1.63 bits per heavy atom. The van der Waals surface area contributed by atoms with Gasteiger partial charge in [-0.1, -0.05) is 44.2 Å². The van der Waals surface area contributed by atoms with Gasteiger partial charge in [0.25, 0.3) is 0 Å². The summed E-state index contributed by atoms with van der Waals surface area (Å²) in [6.07, 6.45) is 0.642. The van der Waals surface area contributed by atoms with Crippen molar-refractivity contribution in [3.05, 3.63) is 35.9 Å². The van der Waals surface area contributed by atoms with Crippen LogP contribution in [-0.4, -0.2) is 178 Å². The molecule has 0 heterocycles. The standard InChI is InChI=1S/C43H67N11O16S/c1-22(2)16-28(53-37(63)25(44)10-12-32(45)57)40(66)50-26(14-15-71-4)39(65)48-23(3)36(62)52-29(17-24-8-6-5-7-9-24)38(64)47-18-33(58)46-19-34(59)49-30(20-55)41(67)54-31(21-56)42(68)51-27(43(69)70)11-13-35(60)61/h5-9,22-23,25-31,55-56H,10-21,44H2,1-4H3,(H2,45,57)(H,46,58)(H,47,64)(H,48,65)(H,49,59)(H,50,66)(H,51,68)(H,52,62)(H,53,63)(H,54,67)(H,60,61)(H,69,70)/t23-,25-,26-,27-,28-,29-,30-,31-/m0/s1. The molecule has 71 heavy (non-hydrogen) atoms. The third-order valence-electron chi connectivity index (χ3n) is 10.1. The minimum absolute atomic E-state index is 0.0521. The number of nitrogens with two attached hydrogens (primary N) is 2. The molecule has 0 unspecified atom stereocenters. The number of aliphatic hydroxyl groups is 2. The number of rotatable bonds is 34. The molecular formula is C43H67N11O16S. The SMILES string of the molecule is CSCC[C@H](NC(=O)[C@H](CC(C)C)NC(=O)[C@@H](N)CCC(N)=O)C(=O)N[C@@H](C)C(=O)N[C@@H](Cc1ccccc1)C(=O)NCC(=O)NCC(=O)N[C@@H](CO)C(=O)N[C@@H](CO)C(=O)N[C@@H](CCC(=O)O)C(=O)O. The Hall–Kier alpha value is -6.91. The lowest BCUT2D eigenvalue weighted by atomic mass is 10.0. The number of hydrogen-bond donors (Lipinski definition) is 15. The fraction of sp³-hybridized carbons (Fsp3) is 0.581. The summed E-state index contributed by atoms with van der Waals surface area (Å²) in [5.74, 6) is -11.5. The van der Waals surface area contributed by atoms with Crippen LogP contribution >= 0.6 is 11.8 Å². The van der Waals surface area contributed by atoms with Gasteiger partial charge in [0.15, 0.2) is 0 Å². The third kappa shape index (κ3) is 25.0.